The summed E-state index contributed by atoms with van der Waals surface area (Å²) >= 11 is 12.3. The fourth-order valence-electron chi connectivity index (χ4n) is 2.50. The van der Waals surface area contributed by atoms with Crippen LogP contribution in [0.2, 0.25) is 10.0 Å². The average Bonchev–Trinajstić information content (AvgIpc) is 2.76. The van der Waals surface area contributed by atoms with Crippen LogP contribution in [0.1, 0.15) is 5.69 Å². The van der Waals surface area contributed by atoms with Gasteiger partial charge >= 0.3 is 0 Å². The lowest BCUT2D eigenvalue weighted by molar-refractivity contribution is 0.652. The highest BCUT2D eigenvalue weighted by Gasteiger charge is 2.14. The second kappa shape index (κ2) is 5.66. The molecule has 0 amide bonds. The molecule has 3 rings (SSSR count). The minimum Gasteiger partial charge on any atom is -0.271 e. The van der Waals surface area contributed by atoms with Crippen molar-refractivity contribution in [1.29, 1.82) is 0 Å². The molecule has 0 saturated carbocycles. The van der Waals surface area contributed by atoms with E-state index in [0.29, 0.717) is 16.6 Å². The predicted octanol–water partition coefficient (Wildman–Crippen LogP) is 3.51. The molecule has 21 heavy (non-hydrogen) atoms. The van der Waals surface area contributed by atoms with Crippen LogP contribution in [-0.4, -0.2) is 9.78 Å². The largest absolute Gasteiger partial charge is 0.271 e. The zero-order chi connectivity index (χ0) is 15.0. The fourth-order valence-corrected chi connectivity index (χ4v) is 3.01. The number of halogens is 2. The summed E-state index contributed by atoms with van der Waals surface area (Å²) in [5.74, 6) is 5.44. The van der Waals surface area contributed by atoms with Gasteiger partial charge in [-0.05, 0) is 12.1 Å². The summed E-state index contributed by atoms with van der Waals surface area (Å²) in [5.41, 5.74) is 6.50. The summed E-state index contributed by atoms with van der Waals surface area (Å²) < 4.78 is 1.83. The van der Waals surface area contributed by atoms with Gasteiger partial charge in [-0.25, -0.2) is 0 Å². The standard InChI is InChI=1S/C15H14Cl2N4/c1-21-14(8-19-18)12-4-2-3-11(15(12)20-21)10-6-5-9(16)7-13(10)17/h2-7,19H,8,18H2,1H3. The van der Waals surface area contributed by atoms with Crippen molar-refractivity contribution < 1.29 is 0 Å². The van der Waals surface area contributed by atoms with Crippen molar-refractivity contribution in [3.8, 4) is 11.1 Å². The van der Waals surface area contributed by atoms with E-state index in [1.807, 2.05) is 42.1 Å². The molecule has 0 unspecified atom stereocenters. The van der Waals surface area contributed by atoms with Crippen LogP contribution in [-0.2, 0) is 13.6 Å². The average molecular weight is 321 g/mol. The van der Waals surface area contributed by atoms with Crippen molar-refractivity contribution in [2.45, 2.75) is 6.54 Å². The number of hydrogen-bond donors (Lipinski definition) is 2. The first-order valence-corrected chi connectivity index (χ1v) is 7.21. The first-order chi connectivity index (χ1) is 10.1. The topological polar surface area (TPSA) is 55.9 Å². The third kappa shape index (κ3) is 2.51. The van der Waals surface area contributed by atoms with Crippen LogP contribution < -0.4 is 11.3 Å². The number of nitrogens with two attached hydrogens (primary N) is 1. The van der Waals surface area contributed by atoms with Gasteiger partial charge in [0.1, 0.15) is 5.52 Å². The Labute approximate surface area is 132 Å². The second-order valence-corrected chi connectivity index (χ2v) is 5.62. The maximum absolute atomic E-state index is 6.32. The van der Waals surface area contributed by atoms with Crippen molar-refractivity contribution in [1.82, 2.24) is 15.2 Å². The van der Waals surface area contributed by atoms with Crippen LogP contribution in [0.15, 0.2) is 36.4 Å². The van der Waals surface area contributed by atoms with Crippen molar-refractivity contribution >= 4 is 34.1 Å². The highest BCUT2D eigenvalue weighted by molar-refractivity contribution is 6.36. The van der Waals surface area contributed by atoms with E-state index < -0.39 is 0 Å². The van der Waals surface area contributed by atoms with Crippen molar-refractivity contribution in [3.05, 3.63) is 52.1 Å². The number of rotatable bonds is 3. The third-order valence-electron chi connectivity index (χ3n) is 3.48. The van der Waals surface area contributed by atoms with Gasteiger partial charge in [0.15, 0.2) is 0 Å². The van der Waals surface area contributed by atoms with Crippen LogP contribution in [0, 0.1) is 0 Å². The van der Waals surface area contributed by atoms with Gasteiger partial charge in [0.2, 0.25) is 0 Å². The molecule has 0 spiro atoms. The zero-order valence-corrected chi connectivity index (χ0v) is 12.9. The lowest BCUT2D eigenvalue weighted by Gasteiger charge is -2.06. The number of benzene rings is 2. The van der Waals surface area contributed by atoms with E-state index in [9.17, 15) is 0 Å². The first kappa shape index (κ1) is 14.4. The summed E-state index contributed by atoms with van der Waals surface area (Å²) in [6.45, 7) is 0.546. The molecular weight excluding hydrogens is 307 g/mol. The number of fused-ring (bicyclic) bond motifs is 1. The molecule has 2 aromatic carbocycles. The summed E-state index contributed by atoms with van der Waals surface area (Å²) in [5, 5.41) is 6.88. The number of nitrogens with zero attached hydrogens (tertiary/aromatic N) is 2. The number of hydrogen-bond acceptors (Lipinski definition) is 3. The van der Waals surface area contributed by atoms with Gasteiger partial charge in [0.05, 0.1) is 12.2 Å². The van der Waals surface area contributed by atoms with E-state index in [1.165, 1.54) is 0 Å². The molecule has 4 nitrogen and oxygen atoms in total. The molecule has 0 aliphatic heterocycles. The van der Waals surface area contributed by atoms with Gasteiger partial charge in [-0.15, -0.1) is 0 Å². The molecule has 0 atom stereocenters. The maximum atomic E-state index is 6.32. The minimum atomic E-state index is 0.546. The minimum absolute atomic E-state index is 0.546. The molecule has 0 aliphatic rings. The maximum Gasteiger partial charge on any atom is 0.100 e. The number of hydrazine groups is 1. The molecule has 0 fully saturated rings. The molecule has 0 saturated heterocycles. The Kier molecular flexibility index (Phi) is 3.87. The molecule has 3 aromatic rings. The van der Waals surface area contributed by atoms with E-state index in [0.717, 1.165) is 27.7 Å². The first-order valence-electron chi connectivity index (χ1n) is 6.45. The quantitative estimate of drug-likeness (QED) is 0.573. The van der Waals surface area contributed by atoms with E-state index >= 15 is 0 Å². The summed E-state index contributed by atoms with van der Waals surface area (Å²) in [6, 6.07) is 11.5. The number of aromatic nitrogens is 2. The Balaban J connectivity index is 2.26. The summed E-state index contributed by atoms with van der Waals surface area (Å²) in [6.07, 6.45) is 0. The monoisotopic (exact) mass is 320 g/mol. The fraction of sp³-hybridized carbons (Fsp3) is 0.133. The Bertz CT molecular complexity index is 811. The Morgan fingerprint density at radius 2 is 2.00 bits per heavy atom. The molecular formula is C15H14Cl2N4. The Morgan fingerprint density at radius 3 is 2.71 bits per heavy atom. The van der Waals surface area contributed by atoms with Crippen molar-refractivity contribution in [3.63, 3.8) is 0 Å². The van der Waals surface area contributed by atoms with Gasteiger partial charge in [0.25, 0.3) is 0 Å². The third-order valence-corrected chi connectivity index (χ3v) is 4.03. The second-order valence-electron chi connectivity index (χ2n) is 4.78. The molecule has 6 heteroatoms. The summed E-state index contributed by atoms with van der Waals surface area (Å²) in [4.78, 5) is 0. The smallest absolute Gasteiger partial charge is 0.100 e. The van der Waals surface area contributed by atoms with Gasteiger partial charge in [-0.2, -0.15) is 5.10 Å². The normalized spacial score (nSPS) is 11.2. The molecule has 0 radical (unpaired) electrons. The SMILES string of the molecule is Cn1nc2c(-c3ccc(Cl)cc3Cl)cccc2c1CNN. The van der Waals surface area contributed by atoms with Crippen molar-refractivity contribution in [2.24, 2.45) is 12.9 Å². The summed E-state index contributed by atoms with van der Waals surface area (Å²) in [7, 11) is 1.90. The van der Waals surface area contributed by atoms with Gasteiger partial charge in [0, 0.05) is 33.6 Å². The van der Waals surface area contributed by atoms with Crippen LogP contribution in [0.5, 0.6) is 0 Å². The van der Waals surface area contributed by atoms with Gasteiger partial charge < -0.3 is 0 Å². The molecule has 1 heterocycles. The number of nitrogens with one attached hydrogen (secondary N) is 1. The van der Waals surface area contributed by atoms with E-state index in [1.54, 1.807) is 6.07 Å². The van der Waals surface area contributed by atoms with E-state index in [2.05, 4.69) is 10.5 Å². The van der Waals surface area contributed by atoms with Gasteiger partial charge in [-0.3, -0.25) is 16.0 Å². The highest BCUT2D eigenvalue weighted by Crippen LogP contribution is 2.35. The van der Waals surface area contributed by atoms with Crippen LogP contribution in [0.25, 0.3) is 22.0 Å². The molecule has 1 aromatic heterocycles. The molecule has 108 valence electrons. The predicted molar refractivity (Wildman–Crippen MR) is 87.2 cm³/mol. The molecule has 0 bridgehead atoms. The van der Waals surface area contributed by atoms with Crippen LogP contribution >= 0.6 is 23.2 Å². The van der Waals surface area contributed by atoms with Crippen LogP contribution in [0.3, 0.4) is 0 Å². The lowest BCUT2D eigenvalue weighted by Crippen LogP contribution is -2.22. The molecule has 3 N–H and O–H groups in total. The van der Waals surface area contributed by atoms with Crippen molar-refractivity contribution in [2.75, 3.05) is 0 Å². The Morgan fingerprint density at radius 1 is 1.19 bits per heavy atom. The van der Waals surface area contributed by atoms with Crippen LogP contribution in [0.4, 0.5) is 0 Å². The van der Waals surface area contributed by atoms with E-state index in [-0.39, 0.29) is 0 Å². The van der Waals surface area contributed by atoms with E-state index in [4.69, 9.17) is 29.0 Å². The molecule has 0 aliphatic carbocycles. The lowest BCUT2D eigenvalue weighted by atomic mass is 10.0. The Hall–Kier alpha value is -1.59. The zero-order valence-electron chi connectivity index (χ0n) is 11.4. The highest BCUT2D eigenvalue weighted by atomic mass is 35.5. The number of aryl methyl sites for hydroxylation is 1. The van der Waals surface area contributed by atoms with Gasteiger partial charge in [-0.1, -0.05) is 47.5 Å².